The molecule has 0 amide bonds. The van der Waals surface area contributed by atoms with E-state index in [9.17, 15) is 4.39 Å². The Bertz CT molecular complexity index is 439. The minimum atomic E-state index is -0.261. The fourth-order valence-corrected chi connectivity index (χ4v) is 2.21. The van der Waals surface area contributed by atoms with Crippen LogP contribution in [0.2, 0.25) is 0 Å². The van der Waals surface area contributed by atoms with E-state index < -0.39 is 0 Å². The lowest BCUT2D eigenvalue weighted by Gasteiger charge is -1.97. The topological polar surface area (TPSA) is 38.9 Å². The summed E-state index contributed by atoms with van der Waals surface area (Å²) < 4.78 is 13.0. The predicted molar refractivity (Wildman–Crippen MR) is 58.3 cm³/mol. The van der Waals surface area contributed by atoms with Gasteiger partial charge in [0.2, 0.25) is 0 Å². The number of aryl methyl sites for hydroxylation is 1. The van der Waals surface area contributed by atoms with Crippen molar-refractivity contribution in [2.24, 2.45) is 0 Å². The number of anilines is 1. The number of halogens is 1. The van der Waals surface area contributed by atoms with Crippen molar-refractivity contribution in [2.45, 2.75) is 12.8 Å². The molecule has 2 nitrogen and oxygen atoms in total. The number of benzene rings is 1. The molecular weight excluding hydrogens is 199 g/mol. The molecule has 2 rings (SSSR count). The molecule has 1 heterocycles. The molecule has 0 radical (unpaired) electrons. The van der Waals surface area contributed by atoms with E-state index in [2.05, 4.69) is 4.98 Å². The maximum atomic E-state index is 12.0. The van der Waals surface area contributed by atoms with Crippen LogP contribution >= 0.6 is 11.3 Å². The largest absolute Gasteiger partial charge is 0.375 e. The lowest BCUT2D eigenvalue weighted by atomic mass is 10.1. The minimum Gasteiger partial charge on any atom is -0.375 e. The highest BCUT2D eigenvalue weighted by Gasteiger charge is 2.01. The highest BCUT2D eigenvalue weighted by molar-refractivity contribution is 7.22. The van der Waals surface area contributed by atoms with Crippen LogP contribution in [0.15, 0.2) is 18.2 Å². The van der Waals surface area contributed by atoms with E-state index in [-0.39, 0.29) is 6.67 Å². The van der Waals surface area contributed by atoms with Crippen molar-refractivity contribution in [2.75, 3.05) is 12.4 Å². The second kappa shape index (κ2) is 3.92. The Morgan fingerprint density at radius 2 is 2.29 bits per heavy atom. The molecule has 0 unspecified atom stereocenters. The van der Waals surface area contributed by atoms with Gasteiger partial charge in [-0.1, -0.05) is 17.4 Å². The molecule has 4 heteroatoms. The number of alkyl halides is 1. The lowest BCUT2D eigenvalue weighted by Crippen LogP contribution is -1.85. The molecule has 0 aliphatic carbocycles. The average Bonchev–Trinajstić information content (AvgIpc) is 2.54. The normalized spacial score (nSPS) is 10.9. The SMILES string of the molecule is Nc1nc2ccc(CCCF)cc2s1. The smallest absolute Gasteiger partial charge is 0.181 e. The van der Waals surface area contributed by atoms with E-state index >= 15 is 0 Å². The first kappa shape index (κ1) is 9.40. The number of thiazole rings is 1. The quantitative estimate of drug-likeness (QED) is 0.846. The van der Waals surface area contributed by atoms with Crippen LogP contribution in [0.25, 0.3) is 10.2 Å². The molecule has 0 aliphatic rings. The Morgan fingerprint density at radius 1 is 1.43 bits per heavy atom. The van der Waals surface area contributed by atoms with Gasteiger partial charge in [0.25, 0.3) is 0 Å². The molecule has 14 heavy (non-hydrogen) atoms. The van der Waals surface area contributed by atoms with Crippen molar-refractivity contribution >= 4 is 26.7 Å². The summed E-state index contributed by atoms with van der Waals surface area (Å²) in [6.07, 6.45) is 1.37. The van der Waals surface area contributed by atoms with E-state index in [0.717, 1.165) is 22.2 Å². The van der Waals surface area contributed by atoms with Gasteiger partial charge >= 0.3 is 0 Å². The molecule has 0 fully saturated rings. The summed E-state index contributed by atoms with van der Waals surface area (Å²) in [4.78, 5) is 4.16. The van der Waals surface area contributed by atoms with Crippen LogP contribution in [0.3, 0.4) is 0 Å². The van der Waals surface area contributed by atoms with Gasteiger partial charge in [-0.3, -0.25) is 4.39 Å². The molecule has 74 valence electrons. The van der Waals surface area contributed by atoms with Crippen molar-refractivity contribution in [3.8, 4) is 0 Å². The van der Waals surface area contributed by atoms with Crippen LogP contribution in [0, 0.1) is 0 Å². The number of nitrogens with zero attached hydrogens (tertiary/aromatic N) is 1. The highest BCUT2D eigenvalue weighted by atomic mass is 32.1. The second-order valence-corrected chi connectivity index (χ2v) is 4.21. The fourth-order valence-electron chi connectivity index (χ4n) is 1.41. The molecule has 1 aromatic heterocycles. The maximum Gasteiger partial charge on any atom is 0.181 e. The number of hydrogen-bond donors (Lipinski definition) is 1. The van der Waals surface area contributed by atoms with E-state index in [0.29, 0.717) is 11.6 Å². The predicted octanol–water partition coefficient (Wildman–Crippen LogP) is 2.78. The van der Waals surface area contributed by atoms with Crippen LogP contribution in [-0.4, -0.2) is 11.7 Å². The number of rotatable bonds is 3. The first-order valence-electron chi connectivity index (χ1n) is 4.50. The Hall–Kier alpha value is -1.16. The third-order valence-electron chi connectivity index (χ3n) is 2.07. The molecule has 0 saturated carbocycles. The zero-order valence-electron chi connectivity index (χ0n) is 7.66. The molecule has 0 aliphatic heterocycles. The second-order valence-electron chi connectivity index (χ2n) is 3.15. The van der Waals surface area contributed by atoms with E-state index in [1.54, 1.807) is 0 Å². The molecule has 2 aromatic rings. The zero-order valence-corrected chi connectivity index (χ0v) is 8.48. The average molecular weight is 210 g/mol. The maximum absolute atomic E-state index is 12.0. The van der Waals surface area contributed by atoms with Gasteiger partial charge in [-0.25, -0.2) is 4.98 Å². The van der Waals surface area contributed by atoms with Crippen LogP contribution in [0.4, 0.5) is 9.52 Å². The third kappa shape index (κ3) is 1.85. The van der Waals surface area contributed by atoms with Gasteiger partial charge in [0.15, 0.2) is 5.13 Å². The summed E-state index contributed by atoms with van der Waals surface area (Å²) in [5.41, 5.74) is 7.67. The first-order chi connectivity index (χ1) is 6.79. The van der Waals surface area contributed by atoms with Crippen LogP contribution in [0.1, 0.15) is 12.0 Å². The Kier molecular flexibility index (Phi) is 2.63. The van der Waals surface area contributed by atoms with Gasteiger partial charge in [-0.2, -0.15) is 0 Å². The third-order valence-corrected chi connectivity index (χ3v) is 2.92. The number of fused-ring (bicyclic) bond motifs is 1. The number of nitrogens with two attached hydrogens (primary N) is 1. The Morgan fingerprint density at radius 3 is 3.07 bits per heavy atom. The Balaban J connectivity index is 2.31. The number of nitrogen functional groups attached to an aromatic ring is 1. The summed E-state index contributed by atoms with van der Waals surface area (Å²) in [6, 6.07) is 5.96. The van der Waals surface area contributed by atoms with Crippen molar-refractivity contribution in [1.29, 1.82) is 0 Å². The van der Waals surface area contributed by atoms with Crippen molar-refractivity contribution < 1.29 is 4.39 Å². The lowest BCUT2D eigenvalue weighted by molar-refractivity contribution is 0.473. The van der Waals surface area contributed by atoms with Gasteiger partial charge in [-0.15, -0.1) is 0 Å². The van der Waals surface area contributed by atoms with Gasteiger partial charge in [-0.05, 0) is 30.5 Å². The minimum absolute atomic E-state index is 0.261. The molecule has 0 atom stereocenters. The van der Waals surface area contributed by atoms with Crippen molar-refractivity contribution in [3.05, 3.63) is 23.8 Å². The zero-order chi connectivity index (χ0) is 9.97. The standard InChI is InChI=1S/C10H11FN2S/c11-5-1-2-7-3-4-8-9(6-7)14-10(12)13-8/h3-4,6H,1-2,5H2,(H2,12,13). The summed E-state index contributed by atoms with van der Waals surface area (Å²) in [5.74, 6) is 0. The molecule has 0 spiro atoms. The molecule has 1 aromatic carbocycles. The first-order valence-corrected chi connectivity index (χ1v) is 5.32. The summed E-state index contributed by atoms with van der Waals surface area (Å²) in [7, 11) is 0. The van der Waals surface area contributed by atoms with Crippen molar-refractivity contribution in [3.63, 3.8) is 0 Å². The van der Waals surface area contributed by atoms with Crippen LogP contribution in [0.5, 0.6) is 0 Å². The van der Waals surface area contributed by atoms with Crippen molar-refractivity contribution in [1.82, 2.24) is 4.98 Å². The van der Waals surface area contributed by atoms with Crippen LogP contribution < -0.4 is 5.73 Å². The van der Waals surface area contributed by atoms with E-state index in [4.69, 9.17) is 5.73 Å². The summed E-state index contributed by atoms with van der Waals surface area (Å²) in [5, 5.41) is 0.586. The molecule has 0 bridgehead atoms. The highest BCUT2D eigenvalue weighted by Crippen LogP contribution is 2.24. The van der Waals surface area contributed by atoms with E-state index in [1.807, 2.05) is 18.2 Å². The monoisotopic (exact) mass is 210 g/mol. The summed E-state index contributed by atoms with van der Waals surface area (Å²) in [6.45, 7) is -0.261. The molecule has 0 saturated heterocycles. The molecular formula is C10H11FN2S. The molecule has 2 N–H and O–H groups in total. The van der Waals surface area contributed by atoms with Gasteiger partial charge < -0.3 is 5.73 Å². The van der Waals surface area contributed by atoms with Gasteiger partial charge in [0.1, 0.15) is 0 Å². The van der Waals surface area contributed by atoms with Gasteiger partial charge in [0, 0.05) is 0 Å². The number of hydrogen-bond acceptors (Lipinski definition) is 3. The van der Waals surface area contributed by atoms with E-state index in [1.165, 1.54) is 11.3 Å². The Labute approximate surface area is 85.6 Å². The van der Waals surface area contributed by atoms with Gasteiger partial charge in [0.05, 0.1) is 16.9 Å². The fraction of sp³-hybridized carbons (Fsp3) is 0.300. The van der Waals surface area contributed by atoms with Crippen LogP contribution in [-0.2, 0) is 6.42 Å². The summed E-state index contributed by atoms with van der Waals surface area (Å²) >= 11 is 1.47. The number of aromatic nitrogens is 1.